The van der Waals surface area contributed by atoms with Crippen molar-refractivity contribution in [3.05, 3.63) is 46.7 Å². The molecule has 0 radical (unpaired) electrons. The minimum Gasteiger partial charge on any atom is -0.469 e. The van der Waals surface area contributed by atoms with Gasteiger partial charge in [-0.1, -0.05) is 6.07 Å². The Bertz CT molecular complexity index is 729. The van der Waals surface area contributed by atoms with Crippen LogP contribution in [-0.2, 0) is 16.1 Å². The summed E-state index contributed by atoms with van der Waals surface area (Å²) >= 11 is 7.38. The van der Waals surface area contributed by atoms with E-state index in [0.29, 0.717) is 31.0 Å². The number of rotatable bonds is 10. The Hall–Kier alpha value is -2.12. The average Bonchev–Trinajstić information content (AvgIpc) is 3.24. The SMILES string of the molecule is CCN(CC)c1ccc(N(Cc2cccs2)C(=S)NCCCC(=O)OC)cc1. The van der Waals surface area contributed by atoms with Crippen molar-refractivity contribution in [3.63, 3.8) is 0 Å². The Morgan fingerprint density at radius 3 is 2.39 bits per heavy atom. The number of nitrogens with one attached hydrogen (secondary N) is 1. The molecule has 1 heterocycles. The molecule has 7 heteroatoms. The Kier molecular flexibility index (Phi) is 9.23. The lowest BCUT2D eigenvalue weighted by molar-refractivity contribution is -0.140. The normalized spacial score (nSPS) is 10.4. The highest BCUT2D eigenvalue weighted by Crippen LogP contribution is 2.24. The van der Waals surface area contributed by atoms with Crippen molar-refractivity contribution in [1.29, 1.82) is 0 Å². The second kappa shape index (κ2) is 11.7. The first-order valence-electron chi connectivity index (χ1n) is 9.58. The van der Waals surface area contributed by atoms with Gasteiger partial charge in [-0.3, -0.25) is 4.79 Å². The number of thiophene rings is 1. The summed E-state index contributed by atoms with van der Waals surface area (Å²) < 4.78 is 4.68. The number of carbonyl (C=O) groups is 1. The molecule has 0 unspecified atom stereocenters. The summed E-state index contributed by atoms with van der Waals surface area (Å²) in [7, 11) is 1.41. The lowest BCUT2D eigenvalue weighted by atomic mass is 10.2. The van der Waals surface area contributed by atoms with Crippen LogP contribution in [0.2, 0.25) is 0 Å². The van der Waals surface area contributed by atoms with Crippen molar-refractivity contribution >= 4 is 46.0 Å². The molecule has 0 atom stereocenters. The van der Waals surface area contributed by atoms with Crippen LogP contribution in [0.4, 0.5) is 11.4 Å². The standard InChI is InChI=1S/C21H29N3O2S2/c1-4-23(5-2)17-10-12-18(13-11-17)24(16-19-8-7-15-28-19)21(27)22-14-6-9-20(25)26-3/h7-8,10-13,15H,4-6,9,14,16H2,1-3H3,(H,22,27). The summed E-state index contributed by atoms with van der Waals surface area (Å²) in [6, 6.07) is 12.7. The van der Waals surface area contributed by atoms with Gasteiger partial charge in [-0.05, 0) is 68.2 Å². The van der Waals surface area contributed by atoms with E-state index in [1.807, 2.05) is 0 Å². The minimum absolute atomic E-state index is 0.199. The average molecular weight is 420 g/mol. The van der Waals surface area contributed by atoms with Crippen LogP contribution in [0, 0.1) is 0 Å². The van der Waals surface area contributed by atoms with Gasteiger partial charge in [0.15, 0.2) is 5.11 Å². The number of anilines is 2. The molecule has 0 saturated carbocycles. The number of benzene rings is 1. The predicted octanol–water partition coefficient (Wildman–Crippen LogP) is 4.43. The molecule has 2 rings (SSSR count). The zero-order valence-corrected chi connectivity index (χ0v) is 18.4. The largest absolute Gasteiger partial charge is 0.469 e. The summed E-state index contributed by atoms with van der Waals surface area (Å²) in [4.78, 5) is 16.9. The Morgan fingerprint density at radius 1 is 1.14 bits per heavy atom. The summed E-state index contributed by atoms with van der Waals surface area (Å²) in [5, 5.41) is 6.01. The highest BCUT2D eigenvalue weighted by atomic mass is 32.1. The van der Waals surface area contributed by atoms with E-state index in [4.69, 9.17) is 12.2 Å². The fourth-order valence-electron chi connectivity index (χ4n) is 2.90. The molecule has 0 amide bonds. The van der Waals surface area contributed by atoms with Gasteiger partial charge in [-0.2, -0.15) is 0 Å². The van der Waals surface area contributed by atoms with Crippen molar-refractivity contribution in [3.8, 4) is 0 Å². The molecule has 1 aromatic carbocycles. The van der Waals surface area contributed by atoms with Crippen LogP contribution in [0.5, 0.6) is 0 Å². The molecule has 152 valence electrons. The van der Waals surface area contributed by atoms with E-state index in [-0.39, 0.29) is 5.97 Å². The van der Waals surface area contributed by atoms with Gasteiger partial charge in [0.25, 0.3) is 0 Å². The van der Waals surface area contributed by atoms with Crippen LogP contribution in [-0.4, -0.2) is 37.8 Å². The van der Waals surface area contributed by atoms with Crippen molar-refractivity contribution < 1.29 is 9.53 Å². The van der Waals surface area contributed by atoms with Crippen LogP contribution >= 0.6 is 23.6 Å². The van der Waals surface area contributed by atoms with Gasteiger partial charge in [-0.25, -0.2) is 0 Å². The first-order chi connectivity index (χ1) is 13.6. The van der Waals surface area contributed by atoms with Crippen LogP contribution in [0.3, 0.4) is 0 Å². The molecule has 1 aromatic heterocycles. The van der Waals surface area contributed by atoms with Gasteiger partial charge in [0.2, 0.25) is 0 Å². The van der Waals surface area contributed by atoms with Crippen LogP contribution < -0.4 is 15.1 Å². The maximum atomic E-state index is 11.3. The first kappa shape index (κ1) is 22.2. The molecule has 0 spiro atoms. The molecular formula is C21H29N3O2S2. The molecule has 2 aromatic rings. The lowest BCUT2D eigenvalue weighted by Gasteiger charge is -2.27. The van der Waals surface area contributed by atoms with Crippen LogP contribution in [0.25, 0.3) is 0 Å². The Balaban J connectivity index is 2.08. The molecule has 28 heavy (non-hydrogen) atoms. The molecule has 0 aliphatic heterocycles. The molecule has 0 fully saturated rings. The Morgan fingerprint density at radius 2 is 1.82 bits per heavy atom. The van der Waals surface area contributed by atoms with Gasteiger partial charge < -0.3 is 19.9 Å². The number of hydrogen-bond donors (Lipinski definition) is 1. The third-order valence-corrected chi connectivity index (χ3v) is 5.72. The highest BCUT2D eigenvalue weighted by Gasteiger charge is 2.14. The number of thiocarbonyl (C=S) groups is 1. The van der Waals surface area contributed by atoms with Gasteiger partial charge in [0.05, 0.1) is 13.7 Å². The number of carbonyl (C=O) groups excluding carboxylic acids is 1. The molecule has 5 nitrogen and oxygen atoms in total. The van der Waals surface area contributed by atoms with E-state index in [9.17, 15) is 4.79 Å². The zero-order valence-electron chi connectivity index (χ0n) is 16.8. The highest BCUT2D eigenvalue weighted by molar-refractivity contribution is 7.80. The number of methoxy groups -OCH3 is 1. The minimum atomic E-state index is -0.199. The molecule has 0 aliphatic carbocycles. The van der Waals surface area contributed by atoms with E-state index in [2.05, 4.69) is 75.5 Å². The van der Waals surface area contributed by atoms with Crippen molar-refractivity contribution in [2.24, 2.45) is 0 Å². The van der Waals surface area contributed by atoms with E-state index >= 15 is 0 Å². The lowest BCUT2D eigenvalue weighted by Crippen LogP contribution is -2.39. The summed E-state index contributed by atoms with van der Waals surface area (Å²) in [6.45, 7) is 7.63. The van der Waals surface area contributed by atoms with Crippen molar-refractivity contribution in [2.75, 3.05) is 36.5 Å². The van der Waals surface area contributed by atoms with Gasteiger partial charge in [-0.15, -0.1) is 11.3 Å². The van der Waals surface area contributed by atoms with E-state index < -0.39 is 0 Å². The van der Waals surface area contributed by atoms with Gasteiger partial charge in [0.1, 0.15) is 0 Å². The number of nitrogens with zero attached hydrogens (tertiary/aromatic N) is 2. The maximum Gasteiger partial charge on any atom is 0.305 e. The summed E-state index contributed by atoms with van der Waals surface area (Å²) in [5.41, 5.74) is 2.26. The van der Waals surface area contributed by atoms with Crippen molar-refractivity contribution in [1.82, 2.24) is 5.32 Å². The molecule has 0 saturated heterocycles. The van der Waals surface area contributed by atoms with E-state index in [0.717, 1.165) is 18.8 Å². The fourth-order valence-corrected chi connectivity index (χ4v) is 3.86. The van der Waals surface area contributed by atoms with Crippen LogP contribution in [0.1, 0.15) is 31.6 Å². The number of hydrogen-bond acceptors (Lipinski definition) is 5. The second-order valence-corrected chi connectivity index (χ2v) is 7.68. The van der Waals surface area contributed by atoms with Gasteiger partial charge in [0, 0.05) is 42.3 Å². The molecule has 0 aliphatic rings. The van der Waals surface area contributed by atoms with E-state index in [1.54, 1.807) is 11.3 Å². The van der Waals surface area contributed by atoms with Crippen LogP contribution in [0.15, 0.2) is 41.8 Å². The van der Waals surface area contributed by atoms with E-state index in [1.165, 1.54) is 17.7 Å². The second-order valence-electron chi connectivity index (χ2n) is 6.27. The molecule has 1 N–H and O–H groups in total. The Labute approximate surface area is 177 Å². The monoisotopic (exact) mass is 419 g/mol. The first-order valence-corrected chi connectivity index (χ1v) is 10.9. The predicted molar refractivity (Wildman–Crippen MR) is 122 cm³/mol. The summed E-state index contributed by atoms with van der Waals surface area (Å²) in [6.07, 6.45) is 1.07. The number of esters is 1. The quantitative estimate of drug-likeness (QED) is 0.349. The molecule has 0 bridgehead atoms. The van der Waals surface area contributed by atoms with Crippen molar-refractivity contribution in [2.45, 2.75) is 33.2 Å². The molecular weight excluding hydrogens is 390 g/mol. The topological polar surface area (TPSA) is 44.8 Å². The summed E-state index contributed by atoms with van der Waals surface area (Å²) in [5.74, 6) is -0.199. The number of ether oxygens (including phenoxy) is 1. The zero-order chi connectivity index (χ0) is 20.4. The van der Waals surface area contributed by atoms with Gasteiger partial charge >= 0.3 is 5.97 Å². The fraction of sp³-hybridized carbons (Fsp3) is 0.429. The smallest absolute Gasteiger partial charge is 0.305 e. The third-order valence-electron chi connectivity index (χ3n) is 4.49. The maximum absolute atomic E-state index is 11.3. The third kappa shape index (κ3) is 6.49.